The number of nitrogens with one attached hydrogen (secondary N) is 1. The normalized spacial score (nSPS) is 21.6. The van der Waals surface area contributed by atoms with Crippen molar-refractivity contribution >= 4 is 5.95 Å². The Labute approximate surface area is 160 Å². The number of hydrogen-bond donors (Lipinski definition) is 1. The van der Waals surface area contributed by atoms with E-state index in [-0.39, 0.29) is 0 Å². The first-order valence-electron chi connectivity index (χ1n) is 9.98. The molecule has 2 saturated heterocycles. The zero-order chi connectivity index (χ0) is 18.5. The summed E-state index contributed by atoms with van der Waals surface area (Å²) in [7, 11) is 2.02. The van der Waals surface area contributed by atoms with Crippen LogP contribution in [0.1, 0.15) is 37.1 Å². The van der Waals surface area contributed by atoms with E-state index in [1.807, 2.05) is 24.0 Å². The predicted octanol–water partition coefficient (Wildman–Crippen LogP) is 1.65. The fourth-order valence-corrected chi connectivity index (χ4v) is 3.90. The largest absolute Gasteiger partial charge is 0.376 e. The summed E-state index contributed by atoms with van der Waals surface area (Å²) in [5.74, 6) is 2.48. The van der Waals surface area contributed by atoms with Crippen molar-refractivity contribution in [2.24, 2.45) is 13.0 Å². The number of aromatic nitrogens is 5. The summed E-state index contributed by atoms with van der Waals surface area (Å²) in [6.07, 6.45) is 11.7. The molecule has 4 rings (SSSR count). The molecular formula is C19H29N7O. The zero-order valence-electron chi connectivity index (χ0n) is 16.0. The molecule has 1 N–H and O–H groups in total. The molecule has 0 unspecified atom stereocenters. The Morgan fingerprint density at radius 3 is 2.67 bits per heavy atom. The van der Waals surface area contributed by atoms with E-state index in [0.29, 0.717) is 18.0 Å². The van der Waals surface area contributed by atoms with E-state index in [2.05, 4.69) is 30.4 Å². The summed E-state index contributed by atoms with van der Waals surface area (Å²) in [5, 5.41) is 11.5. The molecule has 0 amide bonds. The summed E-state index contributed by atoms with van der Waals surface area (Å²) >= 11 is 0. The second-order valence-electron chi connectivity index (χ2n) is 7.71. The Morgan fingerprint density at radius 1 is 1.19 bits per heavy atom. The molecule has 2 fully saturated rings. The van der Waals surface area contributed by atoms with Gasteiger partial charge < -0.3 is 14.6 Å². The summed E-state index contributed by atoms with van der Waals surface area (Å²) in [6, 6.07) is 0. The monoisotopic (exact) mass is 371 g/mol. The number of hydrogen-bond acceptors (Lipinski definition) is 7. The van der Waals surface area contributed by atoms with Crippen molar-refractivity contribution in [2.45, 2.75) is 44.8 Å². The molecule has 2 aromatic rings. The number of anilines is 1. The van der Waals surface area contributed by atoms with Gasteiger partial charge in [-0.05, 0) is 44.7 Å². The van der Waals surface area contributed by atoms with E-state index in [4.69, 9.17) is 4.74 Å². The van der Waals surface area contributed by atoms with Crippen molar-refractivity contribution in [1.82, 2.24) is 29.6 Å². The average Bonchev–Trinajstić information content (AvgIpc) is 3.35. The van der Waals surface area contributed by atoms with E-state index < -0.39 is 0 Å². The van der Waals surface area contributed by atoms with Gasteiger partial charge in [0.1, 0.15) is 12.2 Å². The van der Waals surface area contributed by atoms with Crippen LogP contribution in [0.15, 0.2) is 18.7 Å². The topological polar surface area (TPSA) is 81.0 Å². The van der Waals surface area contributed by atoms with Crippen LogP contribution in [0, 0.1) is 5.92 Å². The number of aryl methyl sites for hydroxylation is 1. The highest BCUT2D eigenvalue weighted by molar-refractivity contribution is 5.25. The molecule has 146 valence electrons. The molecule has 2 aromatic heterocycles. The molecule has 1 atom stereocenters. The minimum absolute atomic E-state index is 0.302. The first kappa shape index (κ1) is 18.3. The van der Waals surface area contributed by atoms with Crippen LogP contribution in [0.25, 0.3) is 0 Å². The maximum absolute atomic E-state index is 5.61. The first-order chi connectivity index (χ1) is 13.3. The van der Waals surface area contributed by atoms with Crippen molar-refractivity contribution < 1.29 is 4.74 Å². The van der Waals surface area contributed by atoms with E-state index in [9.17, 15) is 0 Å². The van der Waals surface area contributed by atoms with Gasteiger partial charge in [0, 0.05) is 51.1 Å². The van der Waals surface area contributed by atoms with Crippen molar-refractivity contribution in [1.29, 1.82) is 0 Å². The fraction of sp³-hybridized carbons (Fsp3) is 0.684. The Balaban J connectivity index is 1.20. The van der Waals surface area contributed by atoms with E-state index in [1.54, 1.807) is 6.33 Å². The first-order valence-corrected chi connectivity index (χ1v) is 9.98. The van der Waals surface area contributed by atoms with Gasteiger partial charge in [0.2, 0.25) is 5.95 Å². The molecule has 2 aliphatic rings. The quantitative estimate of drug-likeness (QED) is 0.792. The lowest BCUT2D eigenvalue weighted by molar-refractivity contribution is 0.120. The van der Waals surface area contributed by atoms with Crippen LogP contribution in [0.2, 0.25) is 0 Å². The molecule has 4 heterocycles. The molecule has 2 aliphatic heterocycles. The minimum atomic E-state index is 0.302. The summed E-state index contributed by atoms with van der Waals surface area (Å²) in [5.41, 5.74) is 1.17. The summed E-state index contributed by atoms with van der Waals surface area (Å²) < 4.78 is 7.64. The van der Waals surface area contributed by atoms with Gasteiger partial charge in [-0.15, -0.1) is 10.2 Å². The molecule has 0 aromatic carbocycles. The van der Waals surface area contributed by atoms with Crippen molar-refractivity contribution in [3.63, 3.8) is 0 Å². The minimum Gasteiger partial charge on any atom is -0.376 e. The Kier molecular flexibility index (Phi) is 5.94. The number of rotatable bonds is 7. The van der Waals surface area contributed by atoms with Gasteiger partial charge in [-0.2, -0.15) is 0 Å². The molecule has 0 aliphatic carbocycles. The lowest BCUT2D eigenvalue weighted by Gasteiger charge is -2.31. The van der Waals surface area contributed by atoms with Crippen molar-refractivity contribution in [3.8, 4) is 0 Å². The maximum Gasteiger partial charge on any atom is 0.222 e. The Bertz CT molecular complexity index is 703. The van der Waals surface area contributed by atoms with Crippen LogP contribution < -0.4 is 5.32 Å². The maximum atomic E-state index is 5.61. The third kappa shape index (κ3) is 5.01. The van der Waals surface area contributed by atoms with E-state index >= 15 is 0 Å². The van der Waals surface area contributed by atoms with Crippen LogP contribution in [0.3, 0.4) is 0 Å². The molecule has 0 radical (unpaired) electrons. The highest BCUT2D eigenvalue weighted by Gasteiger charge is 2.21. The van der Waals surface area contributed by atoms with Gasteiger partial charge in [-0.1, -0.05) is 0 Å². The summed E-state index contributed by atoms with van der Waals surface area (Å²) in [6.45, 7) is 4.81. The van der Waals surface area contributed by atoms with Crippen LogP contribution in [-0.4, -0.2) is 62.0 Å². The Hall–Kier alpha value is -2.06. The average molecular weight is 371 g/mol. The van der Waals surface area contributed by atoms with Crippen LogP contribution in [-0.2, 0) is 24.8 Å². The third-order valence-electron chi connectivity index (χ3n) is 5.61. The van der Waals surface area contributed by atoms with Gasteiger partial charge in [0.05, 0.1) is 6.10 Å². The van der Waals surface area contributed by atoms with Crippen molar-refractivity contribution in [3.05, 3.63) is 30.1 Å². The molecule has 0 bridgehead atoms. The highest BCUT2D eigenvalue weighted by atomic mass is 16.5. The van der Waals surface area contributed by atoms with Crippen LogP contribution in [0.4, 0.5) is 5.95 Å². The van der Waals surface area contributed by atoms with Gasteiger partial charge >= 0.3 is 0 Å². The molecule has 0 saturated carbocycles. The zero-order valence-corrected chi connectivity index (χ0v) is 16.0. The fourth-order valence-electron chi connectivity index (χ4n) is 3.90. The van der Waals surface area contributed by atoms with Gasteiger partial charge in [-0.25, -0.2) is 9.97 Å². The van der Waals surface area contributed by atoms with Gasteiger partial charge in [0.25, 0.3) is 0 Å². The molecule has 27 heavy (non-hydrogen) atoms. The van der Waals surface area contributed by atoms with Crippen LogP contribution >= 0.6 is 0 Å². The molecule has 8 heteroatoms. The predicted molar refractivity (Wildman–Crippen MR) is 102 cm³/mol. The van der Waals surface area contributed by atoms with Gasteiger partial charge in [0.15, 0.2) is 0 Å². The third-order valence-corrected chi connectivity index (χ3v) is 5.61. The molecule has 0 spiro atoms. The number of ether oxygens (including phenoxy) is 1. The van der Waals surface area contributed by atoms with Crippen LogP contribution in [0.5, 0.6) is 0 Å². The number of nitrogens with zero attached hydrogens (tertiary/aromatic N) is 6. The van der Waals surface area contributed by atoms with Crippen molar-refractivity contribution in [2.75, 3.05) is 31.6 Å². The second-order valence-corrected chi connectivity index (χ2v) is 7.71. The lowest BCUT2D eigenvalue weighted by atomic mass is 9.93. The molecule has 8 nitrogen and oxygen atoms in total. The highest BCUT2D eigenvalue weighted by Crippen LogP contribution is 2.22. The number of piperidine rings is 1. The number of likely N-dealkylation sites (tertiary alicyclic amines) is 1. The lowest BCUT2D eigenvalue weighted by Crippen LogP contribution is -2.34. The standard InChI is InChI=1S/C19H29N7O/c1-25-14-23-24-18(25)9-15-4-6-26(7-5-15)13-16-10-20-19(21-11-16)22-12-17-3-2-8-27-17/h10-11,14-15,17H,2-9,12-13H2,1H3,(H,20,21,22)/t17-/m1/s1. The Morgan fingerprint density at radius 2 is 2.00 bits per heavy atom. The van der Waals surface area contributed by atoms with Gasteiger partial charge in [-0.3, -0.25) is 4.90 Å². The van der Waals surface area contributed by atoms with E-state index in [1.165, 1.54) is 18.4 Å². The summed E-state index contributed by atoms with van der Waals surface area (Å²) in [4.78, 5) is 11.4. The van der Waals surface area contributed by atoms with E-state index in [0.717, 1.165) is 57.9 Å². The smallest absolute Gasteiger partial charge is 0.222 e. The molecular weight excluding hydrogens is 342 g/mol. The SMILES string of the molecule is Cn1cnnc1CC1CCN(Cc2cnc(NC[C@H]3CCCO3)nc2)CC1. The second kappa shape index (κ2) is 8.75.